The molecule has 5 nitrogen and oxygen atoms in total. The number of hydrogen-bond donors (Lipinski definition) is 1. The number of halogens is 2. The molecule has 1 N–H and O–H groups in total. The van der Waals surface area contributed by atoms with Gasteiger partial charge < -0.3 is 15.0 Å². The minimum atomic E-state index is -0.639. The number of amides is 2. The highest BCUT2D eigenvalue weighted by atomic mass is 79.9. The van der Waals surface area contributed by atoms with Gasteiger partial charge in [0.25, 0.3) is 5.91 Å². The summed E-state index contributed by atoms with van der Waals surface area (Å²) < 4.78 is 18.5. The fourth-order valence-electron chi connectivity index (χ4n) is 2.04. The SMILES string of the molecule is CC(NC(=O)c1ccc(F)c(Br)c1)C(=O)N1CCOCC1. The Hall–Kier alpha value is -1.47. The molecule has 2 rings (SSSR count). The number of morpholine rings is 1. The average Bonchev–Trinajstić information content (AvgIpc) is 2.50. The Morgan fingerprint density at radius 3 is 2.67 bits per heavy atom. The third kappa shape index (κ3) is 4.01. The second kappa shape index (κ2) is 7.00. The number of hydrogen-bond acceptors (Lipinski definition) is 3. The van der Waals surface area contributed by atoms with Crippen LogP contribution in [0.4, 0.5) is 4.39 Å². The van der Waals surface area contributed by atoms with Crippen LogP contribution >= 0.6 is 15.9 Å². The van der Waals surface area contributed by atoms with Gasteiger partial charge in [-0.3, -0.25) is 9.59 Å². The van der Waals surface area contributed by atoms with Crippen LogP contribution in [0.5, 0.6) is 0 Å². The van der Waals surface area contributed by atoms with Crippen molar-refractivity contribution in [1.82, 2.24) is 10.2 Å². The van der Waals surface area contributed by atoms with Crippen molar-refractivity contribution in [2.45, 2.75) is 13.0 Å². The molecule has 1 unspecified atom stereocenters. The van der Waals surface area contributed by atoms with Crippen molar-refractivity contribution in [1.29, 1.82) is 0 Å². The Kier molecular flexibility index (Phi) is 5.30. The molecule has 1 aromatic rings. The summed E-state index contributed by atoms with van der Waals surface area (Å²) in [4.78, 5) is 25.9. The zero-order valence-corrected chi connectivity index (χ0v) is 13.2. The molecule has 7 heteroatoms. The molecule has 1 aliphatic heterocycles. The van der Waals surface area contributed by atoms with Crippen molar-refractivity contribution in [3.63, 3.8) is 0 Å². The minimum Gasteiger partial charge on any atom is -0.378 e. The molecule has 1 fully saturated rings. The van der Waals surface area contributed by atoms with Gasteiger partial charge in [-0.05, 0) is 41.1 Å². The molecule has 0 aliphatic carbocycles. The van der Waals surface area contributed by atoms with E-state index in [0.717, 1.165) is 0 Å². The topological polar surface area (TPSA) is 58.6 Å². The fourth-order valence-corrected chi connectivity index (χ4v) is 2.42. The monoisotopic (exact) mass is 358 g/mol. The van der Waals surface area contributed by atoms with Crippen LogP contribution in [0.1, 0.15) is 17.3 Å². The van der Waals surface area contributed by atoms with Crippen LogP contribution in [0.15, 0.2) is 22.7 Å². The van der Waals surface area contributed by atoms with E-state index < -0.39 is 17.8 Å². The molecule has 0 spiro atoms. The van der Waals surface area contributed by atoms with Gasteiger partial charge in [-0.15, -0.1) is 0 Å². The average molecular weight is 359 g/mol. The van der Waals surface area contributed by atoms with Crippen molar-refractivity contribution in [3.8, 4) is 0 Å². The van der Waals surface area contributed by atoms with Gasteiger partial charge in [0, 0.05) is 18.7 Å². The molecule has 1 saturated heterocycles. The predicted molar refractivity (Wildman–Crippen MR) is 78.4 cm³/mol. The quantitative estimate of drug-likeness (QED) is 0.891. The first kappa shape index (κ1) is 15.9. The van der Waals surface area contributed by atoms with Crippen LogP contribution in [-0.4, -0.2) is 49.1 Å². The lowest BCUT2D eigenvalue weighted by molar-refractivity contribution is -0.136. The van der Waals surface area contributed by atoms with E-state index >= 15 is 0 Å². The molecule has 1 atom stereocenters. The van der Waals surface area contributed by atoms with Gasteiger partial charge in [-0.2, -0.15) is 0 Å². The van der Waals surface area contributed by atoms with Gasteiger partial charge in [0.05, 0.1) is 17.7 Å². The lowest BCUT2D eigenvalue weighted by Crippen LogP contribution is -2.50. The molecule has 1 aromatic carbocycles. The number of nitrogens with one attached hydrogen (secondary N) is 1. The number of ether oxygens (including phenoxy) is 1. The molecule has 0 bridgehead atoms. The highest BCUT2D eigenvalue weighted by molar-refractivity contribution is 9.10. The summed E-state index contributed by atoms with van der Waals surface area (Å²) in [6.45, 7) is 3.71. The highest BCUT2D eigenvalue weighted by Gasteiger charge is 2.24. The van der Waals surface area contributed by atoms with Crippen molar-refractivity contribution >= 4 is 27.7 Å². The predicted octanol–water partition coefficient (Wildman–Crippen LogP) is 1.57. The Morgan fingerprint density at radius 1 is 1.38 bits per heavy atom. The van der Waals surface area contributed by atoms with Crippen LogP contribution in [-0.2, 0) is 9.53 Å². The summed E-state index contributed by atoms with van der Waals surface area (Å²) in [5, 5.41) is 2.63. The number of carbonyl (C=O) groups is 2. The number of carbonyl (C=O) groups excluding carboxylic acids is 2. The van der Waals surface area contributed by atoms with Crippen LogP contribution in [0, 0.1) is 5.82 Å². The maximum Gasteiger partial charge on any atom is 0.251 e. The molecule has 1 aliphatic rings. The molecule has 0 aromatic heterocycles. The van der Waals surface area contributed by atoms with Gasteiger partial charge in [-0.1, -0.05) is 0 Å². The Bertz CT molecular complexity index is 547. The largest absolute Gasteiger partial charge is 0.378 e. The van der Waals surface area contributed by atoms with E-state index in [1.165, 1.54) is 18.2 Å². The number of benzene rings is 1. The van der Waals surface area contributed by atoms with Gasteiger partial charge in [0.1, 0.15) is 11.9 Å². The molecular formula is C14H16BrFN2O3. The second-order valence-electron chi connectivity index (χ2n) is 4.76. The van der Waals surface area contributed by atoms with E-state index in [-0.39, 0.29) is 10.4 Å². The number of rotatable bonds is 3. The summed E-state index contributed by atoms with van der Waals surface area (Å²) >= 11 is 3.03. The van der Waals surface area contributed by atoms with E-state index in [2.05, 4.69) is 21.2 Å². The summed E-state index contributed by atoms with van der Waals surface area (Å²) in [6.07, 6.45) is 0. The maximum absolute atomic E-state index is 13.1. The molecule has 0 saturated carbocycles. The fraction of sp³-hybridized carbons (Fsp3) is 0.429. The van der Waals surface area contributed by atoms with Gasteiger partial charge in [0.2, 0.25) is 5.91 Å². The van der Waals surface area contributed by atoms with Crippen LogP contribution in [0.2, 0.25) is 0 Å². The van der Waals surface area contributed by atoms with E-state index in [0.29, 0.717) is 31.9 Å². The van der Waals surface area contributed by atoms with Crippen molar-refractivity contribution in [3.05, 3.63) is 34.1 Å². The van der Waals surface area contributed by atoms with E-state index in [4.69, 9.17) is 4.74 Å². The van der Waals surface area contributed by atoms with Crippen LogP contribution in [0.25, 0.3) is 0 Å². The van der Waals surface area contributed by atoms with E-state index in [1.54, 1.807) is 11.8 Å². The zero-order valence-electron chi connectivity index (χ0n) is 11.6. The first-order valence-corrected chi connectivity index (χ1v) is 7.41. The smallest absolute Gasteiger partial charge is 0.251 e. The second-order valence-corrected chi connectivity index (χ2v) is 5.62. The molecule has 114 valence electrons. The normalized spacial score (nSPS) is 16.4. The minimum absolute atomic E-state index is 0.146. The lowest BCUT2D eigenvalue weighted by atomic mass is 10.2. The summed E-state index contributed by atoms with van der Waals surface area (Å²) in [7, 11) is 0. The maximum atomic E-state index is 13.1. The highest BCUT2D eigenvalue weighted by Crippen LogP contribution is 2.16. The van der Waals surface area contributed by atoms with E-state index in [9.17, 15) is 14.0 Å². The third-order valence-electron chi connectivity index (χ3n) is 3.22. The van der Waals surface area contributed by atoms with Crippen LogP contribution in [0.3, 0.4) is 0 Å². The lowest BCUT2D eigenvalue weighted by Gasteiger charge is -2.29. The number of nitrogens with zero attached hydrogens (tertiary/aromatic N) is 1. The van der Waals surface area contributed by atoms with Crippen molar-refractivity contribution in [2.75, 3.05) is 26.3 Å². The summed E-state index contributed by atoms with van der Waals surface area (Å²) in [5.74, 6) is -0.998. The first-order valence-electron chi connectivity index (χ1n) is 6.61. The van der Waals surface area contributed by atoms with Crippen LogP contribution < -0.4 is 5.32 Å². The van der Waals surface area contributed by atoms with Gasteiger partial charge in [0.15, 0.2) is 0 Å². The van der Waals surface area contributed by atoms with Gasteiger partial charge in [-0.25, -0.2) is 4.39 Å². The standard InChI is InChI=1S/C14H16BrFN2O3/c1-9(14(20)18-4-6-21-7-5-18)17-13(19)10-2-3-12(16)11(15)8-10/h2-3,8-9H,4-7H2,1H3,(H,17,19). The zero-order chi connectivity index (χ0) is 15.4. The van der Waals surface area contributed by atoms with Crippen molar-refractivity contribution < 1.29 is 18.7 Å². The summed E-state index contributed by atoms with van der Waals surface area (Å²) in [5.41, 5.74) is 0.296. The summed E-state index contributed by atoms with van der Waals surface area (Å²) in [6, 6.07) is 3.32. The molecule has 21 heavy (non-hydrogen) atoms. The molecule has 2 amide bonds. The molecule has 1 heterocycles. The molecular weight excluding hydrogens is 343 g/mol. The van der Waals surface area contributed by atoms with Gasteiger partial charge >= 0.3 is 0 Å². The first-order chi connectivity index (χ1) is 9.99. The van der Waals surface area contributed by atoms with Crippen molar-refractivity contribution in [2.24, 2.45) is 0 Å². The Balaban J connectivity index is 1.97. The van der Waals surface area contributed by atoms with E-state index in [1.807, 2.05) is 0 Å². The third-order valence-corrected chi connectivity index (χ3v) is 3.83. The Labute approximate surface area is 130 Å². The molecule has 0 radical (unpaired) electrons. The Morgan fingerprint density at radius 2 is 2.05 bits per heavy atom.